The highest BCUT2D eigenvalue weighted by Crippen LogP contribution is 2.21. The number of halogens is 1. The average molecular weight is 280 g/mol. The van der Waals surface area contributed by atoms with E-state index in [1.807, 2.05) is 7.05 Å². The number of piperidine rings is 1. The minimum atomic E-state index is -0.826. The van der Waals surface area contributed by atoms with E-state index in [2.05, 4.69) is 26.3 Å². The van der Waals surface area contributed by atoms with Gasteiger partial charge in [0.2, 0.25) is 0 Å². The molecule has 0 aromatic carbocycles. The van der Waals surface area contributed by atoms with Crippen molar-refractivity contribution in [1.82, 2.24) is 20.2 Å². The third-order valence-electron chi connectivity index (χ3n) is 3.25. The molecule has 0 bridgehead atoms. The highest BCUT2D eigenvalue weighted by Gasteiger charge is 2.35. The number of hydrogen-bond acceptors (Lipinski definition) is 5. The molecule has 100 valence electrons. The summed E-state index contributed by atoms with van der Waals surface area (Å²) in [5.41, 5.74) is -0.700. The molecule has 1 amide bonds. The molecule has 19 heavy (non-hydrogen) atoms. The summed E-state index contributed by atoms with van der Waals surface area (Å²) in [7, 11) is 1.99. The maximum Gasteiger partial charge on any atom is 0.272 e. The molecule has 2 heterocycles. The molecular formula is C12H14ClN5O. The maximum absolute atomic E-state index is 12.1. The topological polar surface area (TPSA) is 81.9 Å². The van der Waals surface area contributed by atoms with E-state index >= 15 is 0 Å². The molecule has 0 unspecified atom stereocenters. The highest BCUT2D eigenvalue weighted by molar-refractivity contribution is 6.29. The fourth-order valence-electron chi connectivity index (χ4n) is 2.00. The normalized spacial score (nSPS) is 18.6. The average Bonchev–Trinajstić information content (AvgIpc) is 2.42. The van der Waals surface area contributed by atoms with Crippen molar-refractivity contribution in [2.24, 2.45) is 0 Å². The van der Waals surface area contributed by atoms with Gasteiger partial charge in [0.05, 0.1) is 18.5 Å². The molecule has 1 aromatic heterocycles. The first kappa shape index (κ1) is 13.7. The molecule has 1 aliphatic heterocycles. The number of nitriles is 1. The Labute approximate surface area is 116 Å². The Morgan fingerprint density at radius 2 is 2.21 bits per heavy atom. The van der Waals surface area contributed by atoms with Gasteiger partial charge in [-0.2, -0.15) is 5.26 Å². The van der Waals surface area contributed by atoms with E-state index in [9.17, 15) is 10.1 Å². The fraction of sp³-hybridized carbons (Fsp3) is 0.500. The number of rotatable bonds is 2. The van der Waals surface area contributed by atoms with Crippen LogP contribution in [0.4, 0.5) is 0 Å². The number of nitrogens with one attached hydrogen (secondary N) is 1. The monoisotopic (exact) mass is 279 g/mol. The van der Waals surface area contributed by atoms with Crippen molar-refractivity contribution >= 4 is 17.5 Å². The van der Waals surface area contributed by atoms with Crippen LogP contribution >= 0.6 is 11.6 Å². The summed E-state index contributed by atoms with van der Waals surface area (Å²) in [4.78, 5) is 21.9. The SMILES string of the molecule is CN1CCC(C#N)(NC(=O)c2cncc(Cl)n2)CC1. The van der Waals surface area contributed by atoms with Crippen LogP contribution in [0.25, 0.3) is 0 Å². The van der Waals surface area contributed by atoms with Crippen LogP contribution in [-0.4, -0.2) is 46.5 Å². The van der Waals surface area contributed by atoms with Crippen LogP contribution in [0.2, 0.25) is 5.15 Å². The Hall–Kier alpha value is -1.71. The van der Waals surface area contributed by atoms with Gasteiger partial charge in [-0.25, -0.2) is 4.98 Å². The second-order valence-electron chi connectivity index (χ2n) is 4.68. The van der Waals surface area contributed by atoms with Gasteiger partial charge in [-0.1, -0.05) is 11.6 Å². The molecular weight excluding hydrogens is 266 g/mol. The van der Waals surface area contributed by atoms with Crippen molar-refractivity contribution in [2.75, 3.05) is 20.1 Å². The standard InChI is InChI=1S/C12H14ClN5O/c1-18-4-2-12(8-14,3-5-18)17-11(19)9-6-15-7-10(13)16-9/h6-7H,2-5H2,1H3,(H,17,19). The number of carbonyl (C=O) groups excluding carboxylic acids is 1. The smallest absolute Gasteiger partial charge is 0.272 e. The maximum atomic E-state index is 12.1. The lowest BCUT2D eigenvalue weighted by atomic mass is 9.89. The lowest BCUT2D eigenvalue weighted by Crippen LogP contribution is -2.53. The third kappa shape index (κ3) is 3.19. The molecule has 1 saturated heterocycles. The summed E-state index contributed by atoms with van der Waals surface area (Å²) in [6.45, 7) is 1.55. The molecule has 7 heteroatoms. The molecule has 1 aromatic rings. The molecule has 0 spiro atoms. The molecule has 0 radical (unpaired) electrons. The van der Waals surface area contributed by atoms with Crippen molar-refractivity contribution in [3.8, 4) is 6.07 Å². The van der Waals surface area contributed by atoms with Crippen molar-refractivity contribution in [2.45, 2.75) is 18.4 Å². The van der Waals surface area contributed by atoms with Gasteiger partial charge in [0.1, 0.15) is 16.4 Å². The molecule has 0 aliphatic carbocycles. The first-order valence-electron chi connectivity index (χ1n) is 5.94. The van der Waals surface area contributed by atoms with E-state index in [-0.39, 0.29) is 10.8 Å². The Morgan fingerprint density at radius 3 is 2.79 bits per heavy atom. The van der Waals surface area contributed by atoms with Gasteiger partial charge in [0.25, 0.3) is 5.91 Å². The van der Waals surface area contributed by atoms with Crippen LogP contribution < -0.4 is 5.32 Å². The van der Waals surface area contributed by atoms with Gasteiger partial charge < -0.3 is 10.2 Å². The summed E-state index contributed by atoms with van der Waals surface area (Å²) in [6, 6.07) is 2.21. The fourth-order valence-corrected chi connectivity index (χ4v) is 2.15. The van der Waals surface area contributed by atoms with Gasteiger partial charge in [-0.3, -0.25) is 9.78 Å². The van der Waals surface area contributed by atoms with Crippen LogP contribution in [0.15, 0.2) is 12.4 Å². The Bertz CT molecular complexity index is 519. The van der Waals surface area contributed by atoms with E-state index < -0.39 is 11.4 Å². The Kier molecular flexibility index (Phi) is 3.98. The van der Waals surface area contributed by atoms with Crippen LogP contribution in [-0.2, 0) is 0 Å². The number of likely N-dealkylation sites (tertiary alicyclic amines) is 1. The molecule has 6 nitrogen and oxygen atoms in total. The van der Waals surface area contributed by atoms with E-state index in [1.165, 1.54) is 12.4 Å². The quantitative estimate of drug-likeness (QED) is 0.868. The molecule has 2 rings (SSSR count). The molecule has 0 saturated carbocycles. The van der Waals surface area contributed by atoms with E-state index in [4.69, 9.17) is 11.6 Å². The zero-order valence-corrected chi connectivity index (χ0v) is 11.3. The van der Waals surface area contributed by atoms with Gasteiger partial charge >= 0.3 is 0 Å². The first-order chi connectivity index (χ1) is 9.04. The van der Waals surface area contributed by atoms with Crippen LogP contribution in [0, 0.1) is 11.3 Å². The second kappa shape index (κ2) is 5.51. The predicted molar refractivity (Wildman–Crippen MR) is 69.6 cm³/mol. The predicted octanol–water partition coefficient (Wildman–Crippen LogP) is 0.848. The number of amides is 1. The van der Waals surface area contributed by atoms with Gasteiger partial charge in [-0.15, -0.1) is 0 Å². The first-order valence-corrected chi connectivity index (χ1v) is 6.32. The van der Waals surface area contributed by atoms with Gasteiger partial charge in [0.15, 0.2) is 0 Å². The minimum absolute atomic E-state index is 0.126. The minimum Gasteiger partial charge on any atom is -0.332 e. The molecule has 1 fully saturated rings. The third-order valence-corrected chi connectivity index (χ3v) is 3.43. The number of nitrogens with zero attached hydrogens (tertiary/aromatic N) is 4. The zero-order chi connectivity index (χ0) is 13.9. The zero-order valence-electron chi connectivity index (χ0n) is 10.6. The van der Waals surface area contributed by atoms with Crippen LogP contribution in [0.3, 0.4) is 0 Å². The van der Waals surface area contributed by atoms with E-state index in [0.29, 0.717) is 12.8 Å². The number of hydrogen-bond donors (Lipinski definition) is 1. The van der Waals surface area contributed by atoms with Crippen LogP contribution in [0.5, 0.6) is 0 Å². The lowest BCUT2D eigenvalue weighted by Gasteiger charge is -2.35. The summed E-state index contributed by atoms with van der Waals surface area (Å²) in [5.74, 6) is -0.416. The highest BCUT2D eigenvalue weighted by atomic mass is 35.5. The number of carbonyl (C=O) groups is 1. The summed E-state index contributed by atoms with van der Waals surface area (Å²) in [5, 5.41) is 12.2. The van der Waals surface area contributed by atoms with Crippen molar-refractivity contribution in [3.63, 3.8) is 0 Å². The molecule has 0 atom stereocenters. The lowest BCUT2D eigenvalue weighted by molar-refractivity contribution is 0.0876. The Balaban J connectivity index is 2.11. The van der Waals surface area contributed by atoms with Crippen LogP contribution in [0.1, 0.15) is 23.3 Å². The largest absolute Gasteiger partial charge is 0.332 e. The summed E-state index contributed by atoms with van der Waals surface area (Å²) >= 11 is 5.69. The molecule has 1 N–H and O–H groups in total. The van der Waals surface area contributed by atoms with Crippen molar-refractivity contribution in [1.29, 1.82) is 5.26 Å². The Morgan fingerprint density at radius 1 is 1.53 bits per heavy atom. The van der Waals surface area contributed by atoms with Gasteiger partial charge in [-0.05, 0) is 19.9 Å². The molecule has 1 aliphatic rings. The van der Waals surface area contributed by atoms with Crippen molar-refractivity contribution < 1.29 is 4.79 Å². The van der Waals surface area contributed by atoms with Gasteiger partial charge in [0, 0.05) is 13.1 Å². The van der Waals surface area contributed by atoms with E-state index in [1.54, 1.807) is 0 Å². The van der Waals surface area contributed by atoms with Crippen molar-refractivity contribution in [3.05, 3.63) is 23.2 Å². The second-order valence-corrected chi connectivity index (χ2v) is 5.07. The van der Waals surface area contributed by atoms with E-state index in [0.717, 1.165) is 13.1 Å². The summed E-state index contributed by atoms with van der Waals surface area (Å²) < 4.78 is 0. The number of aromatic nitrogens is 2. The summed E-state index contributed by atoms with van der Waals surface area (Å²) in [6.07, 6.45) is 3.88.